The van der Waals surface area contributed by atoms with Gasteiger partial charge in [0.15, 0.2) is 34.9 Å². The van der Waals surface area contributed by atoms with E-state index in [4.69, 9.17) is 18.9 Å². The zero-order chi connectivity index (χ0) is 86.4. The molecule has 12 unspecified atom stereocenters. The molecule has 0 N–H and O–H groups in total. The Morgan fingerprint density at radius 1 is 0.320 bits per heavy atom. The standard InChI is InChI=1S/C24H22F2N4O2.C24H23FN4O2.2C24H25N5O2/c1-14-5-8-21(27-10-14)32-20-9-15-6-7-19(20)30(13-15)24(31)17-3-2-4-18(26)22(17)23-28-11-16(25)12-29-23;1-15-6-9-22(26-11-15)31-21-10-16-7-8-20(21)29(14-16)24(30)19-5-3-2-4-18(19)23-27-12-17(25)13-28-23;1-15-4-9-21(27-13-15)31-20-12-17-6-8-19(20)29(14-17)24(30)22-18(7-5-16(2)28-22)23-25-10-3-11-26-23;1-15-4-7-21(27-12-15)31-20-11-17-5-6-19(20)29(14-17)24(30)22-18(10-16(2)13-28-22)23-25-8-3-9-26-23/h2-5,8,10-12,15,19-20H,6-7,9,13H2,1H3;2-6,9,11-13,16,20-21H,7-8,10,14H2,1H3;3-5,7,9-11,13,17,19-20H,6,8,12,14H2,1-2H3;3-4,7-10,12-13,17,19-20H,5-6,11,14H2,1-2H3. The fraction of sp³-hybridized carbons (Fsp3) is 0.354. The molecule has 0 radical (unpaired) electrons. The van der Waals surface area contributed by atoms with Gasteiger partial charge in [0.2, 0.25) is 23.5 Å². The molecule has 8 saturated heterocycles. The van der Waals surface area contributed by atoms with Gasteiger partial charge in [-0.2, -0.15) is 0 Å². The molecule has 26 nitrogen and oxygen atoms in total. The minimum absolute atomic E-state index is 0.00690. The van der Waals surface area contributed by atoms with Crippen molar-refractivity contribution in [2.75, 3.05) is 26.2 Å². The number of rotatable bonds is 16. The van der Waals surface area contributed by atoms with Crippen molar-refractivity contribution >= 4 is 23.6 Å². The van der Waals surface area contributed by atoms with Crippen LogP contribution in [0.4, 0.5) is 13.2 Å². The number of benzene rings is 2. The second kappa shape index (κ2) is 37.3. The molecule has 4 saturated carbocycles. The van der Waals surface area contributed by atoms with Crippen LogP contribution >= 0.6 is 0 Å². The van der Waals surface area contributed by atoms with Gasteiger partial charge in [-0.25, -0.2) is 78.0 Å². The lowest BCUT2D eigenvalue weighted by atomic mass is 9.77. The lowest BCUT2D eigenvalue weighted by Gasteiger charge is -2.49. The molecule has 4 amide bonds. The Kier molecular flexibility index (Phi) is 25.0. The molecular formula is C96H95F3N18O8. The number of hydrogen-bond acceptors (Lipinski definition) is 22. The summed E-state index contributed by atoms with van der Waals surface area (Å²) in [5.74, 6) is 2.96. The molecule has 8 bridgehead atoms. The third kappa shape index (κ3) is 19.0. The van der Waals surface area contributed by atoms with E-state index < -0.39 is 17.5 Å². The SMILES string of the molecule is Cc1ccc(OC2CC3CCC2N(C(=O)c2cccc(F)c2-c2ncc(F)cn2)C3)nc1.Cc1ccc(OC2CC3CCC2N(C(=O)c2ccccc2-c2ncc(F)cn2)C3)nc1.Cc1ccc(OC2CC3CCC2N(C(=O)c2nc(C)ccc2-c2ncccn2)C3)nc1.Cc1ccc(OC2CC3CCC2N(C(=O)c2ncc(C)cc2-c2ncccn2)C3)nc1. The van der Waals surface area contributed by atoms with Gasteiger partial charge in [0, 0.05) is 117 Å². The van der Waals surface area contributed by atoms with Gasteiger partial charge in [0.1, 0.15) is 41.6 Å². The van der Waals surface area contributed by atoms with Gasteiger partial charge in [0.05, 0.1) is 76.8 Å². The number of piperidine rings is 8. The van der Waals surface area contributed by atoms with Crippen LogP contribution in [-0.2, 0) is 0 Å². The number of ether oxygens (including phenoxy) is 4. The average Bonchev–Trinajstić information content (AvgIpc) is 0.779. The molecule has 18 heterocycles. The highest BCUT2D eigenvalue weighted by Gasteiger charge is 2.50. The van der Waals surface area contributed by atoms with Crippen LogP contribution in [0.2, 0.25) is 0 Å². The lowest BCUT2D eigenvalue weighted by Crippen LogP contribution is -2.59. The fourth-order valence-electron chi connectivity index (χ4n) is 18.6. The Balaban J connectivity index is 0.000000118. The average molecular weight is 1690 g/mol. The number of carbonyl (C=O) groups excluding carboxylic acids is 4. The van der Waals surface area contributed by atoms with E-state index in [9.17, 15) is 32.3 Å². The van der Waals surface area contributed by atoms with E-state index in [0.717, 1.165) is 148 Å². The number of amides is 4. The molecular weight excluding hydrogens is 1590 g/mol. The van der Waals surface area contributed by atoms with E-state index in [-0.39, 0.29) is 89.2 Å². The first-order valence-corrected chi connectivity index (χ1v) is 42.7. The molecule has 12 atom stereocenters. The van der Waals surface area contributed by atoms with Crippen LogP contribution in [0.1, 0.15) is 152 Å². The van der Waals surface area contributed by atoms with Gasteiger partial charge in [-0.1, -0.05) is 48.5 Å². The summed E-state index contributed by atoms with van der Waals surface area (Å²) in [6.45, 7) is 14.6. The summed E-state index contributed by atoms with van der Waals surface area (Å²) in [6.07, 6.45) is 31.0. The van der Waals surface area contributed by atoms with Crippen molar-refractivity contribution in [2.45, 2.75) is 167 Å². The lowest BCUT2D eigenvalue weighted by molar-refractivity contribution is -0.0316. The quantitative estimate of drug-likeness (QED) is 0.0868. The van der Waals surface area contributed by atoms with Crippen molar-refractivity contribution in [1.29, 1.82) is 0 Å². The summed E-state index contributed by atoms with van der Waals surface area (Å²) >= 11 is 0. The number of nitrogens with zero attached hydrogens (tertiary/aromatic N) is 18. The third-order valence-corrected chi connectivity index (χ3v) is 24.7. The summed E-state index contributed by atoms with van der Waals surface area (Å²) in [5, 5.41) is 0. The van der Waals surface area contributed by atoms with Crippen LogP contribution in [0.15, 0.2) is 202 Å². The Hall–Kier alpha value is -13.5. The van der Waals surface area contributed by atoms with Crippen molar-refractivity contribution in [3.63, 3.8) is 0 Å². The fourth-order valence-corrected chi connectivity index (χ4v) is 18.6. The van der Waals surface area contributed by atoms with E-state index in [1.807, 2.05) is 147 Å². The summed E-state index contributed by atoms with van der Waals surface area (Å²) in [6, 6.07) is 36.0. The zero-order valence-corrected chi connectivity index (χ0v) is 70.2. The topological polar surface area (TPSA) is 299 Å². The molecule has 2 aromatic carbocycles. The van der Waals surface area contributed by atoms with Crippen molar-refractivity contribution in [1.82, 2.24) is 89.4 Å². The van der Waals surface area contributed by atoms with Crippen LogP contribution in [-0.4, -0.2) is 188 Å². The van der Waals surface area contributed by atoms with Gasteiger partial charge in [-0.05, 0) is 219 Å². The number of pyridine rings is 6. The van der Waals surface area contributed by atoms with Crippen LogP contribution < -0.4 is 18.9 Å². The minimum atomic E-state index is -0.629. The first-order valence-electron chi connectivity index (χ1n) is 42.7. The second-order valence-electron chi connectivity index (χ2n) is 33.7. The maximum absolute atomic E-state index is 14.8. The van der Waals surface area contributed by atoms with Gasteiger partial charge in [0.25, 0.3) is 23.6 Å². The Labute approximate surface area is 722 Å². The Morgan fingerprint density at radius 2 is 0.688 bits per heavy atom. The summed E-state index contributed by atoms with van der Waals surface area (Å²) < 4.78 is 66.2. The summed E-state index contributed by atoms with van der Waals surface area (Å²) in [7, 11) is 0. The molecule has 10 aromatic heterocycles. The Morgan fingerprint density at radius 3 is 1.10 bits per heavy atom. The highest BCUT2D eigenvalue weighted by atomic mass is 19.1. The highest BCUT2D eigenvalue weighted by Crippen LogP contribution is 2.44. The van der Waals surface area contributed by atoms with Crippen molar-refractivity contribution in [3.8, 4) is 69.1 Å². The first-order chi connectivity index (χ1) is 60.7. The van der Waals surface area contributed by atoms with Crippen LogP contribution in [0, 0.1) is 82.7 Å². The Bertz CT molecular complexity index is 5830. The largest absolute Gasteiger partial charge is 0.472 e. The third-order valence-electron chi connectivity index (χ3n) is 24.7. The maximum atomic E-state index is 14.8. The zero-order valence-electron chi connectivity index (χ0n) is 70.2. The highest BCUT2D eigenvalue weighted by molar-refractivity contribution is 6.02. The van der Waals surface area contributed by atoms with Crippen molar-refractivity contribution in [2.24, 2.45) is 23.7 Å². The first kappa shape index (κ1) is 83.8. The molecule has 29 heteroatoms. The maximum Gasteiger partial charge on any atom is 0.273 e. The molecule has 24 rings (SSSR count). The molecule has 12 aromatic rings. The number of halogens is 3. The van der Waals surface area contributed by atoms with Crippen LogP contribution in [0.5, 0.6) is 23.5 Å². The molecule has 8 aliphatic heterocycles. The van der Waals surface area contributed by atoms with E-state index in [0.29, 0.717) is 111 Å². The number of carbonyl (C=O) groups is 4. The molecule has 0 spiro atoms. The normalized spacial score (nSPS) is 22.3. The minimum Gasteiger partial charge on any atom is -0.472 e. The van der Waals surface area contributed by atoms with Crippen molar-refractivity contribution < 1.29 is 51.3 Å². The van der Waals surface area contributed by atoms with E-state index in [1.165, 1.54) is 12.1 Å². The molecule has 638 valence electrons. The number of fused-ring (bicyclic) bond motifs is 12. The van der Waals surface area contributed by atoms with Gasteiger partial charge < -0.3 is 38.5 Å². The predicted octanol–water partition coefficient (Wildman–Crippen LogP) is 15.5. The molecule has 12 fully saturated rings. The molecule has 125 heavy (non-hydrogen) atoms. The van der Waals surface area contributed by atoms with Gasteiger partial charge in [-0.3, -0.25) is 24.2 Å². The number of hydrogen-bond donors (Lipinski definition) is 0. The number of aryl methyl sites for hydroxylation is 6. The summed E-state index contributed by atoms with van der Waals surface area (Å²) in [5.41, 5.74) is 9.48. The van der Waals surface area contributed by atoms with Crippen LogP contribution in [0.3, 0.4) is 0 Å². The predicted molar refractivity (Wildman–Crippen MR) is 457 cm³/mol. The number of aromatic nitrogens is 14. The van der Waals surface area contributed by atoms with Crippen molar-refractivity contribution in [3.05, 3.63) is 275 Å². The monoisotopic (exact) mass is 1680 g/mol. The molecule has 12 aliphatic rings. The van der Waals surface area contributed by atoms with Crippen LogP contribution in [0.25, 0.3) is 45.6 Å². The van der Waals surface area contributed by atoms with E-state index in [2.05, 4.69) is 69.8 Å². The molecule has 4 aliphatic carbocycles. The van der Waals surface area contributed by atoms with E-state index >= 15 is 0 Å². The second-order valence-corrected chi connectivity index (χ2v) is 33.7. The van der Waals surface area contributed by atoms with Gasteiger partial charge in [-0.15, -0.1) is 0 Å². The van der Waals surface area contributed by atoms with Gasteiger partial charge >= 0.3 is 0 Å². The smallest absolute Gasteiger partial charge is 0.273 e. The van der Waals surface area contributed by atoms with E-state index in [1.54, 1.807) is 78.6 Å². The summed E-state index contributed by atoms with van der Waals surface area (Å²) in [4.78, 5) is 122.